The number of carbonyl (C=O) groups excluding carboxylic acids is 3. The van der Waals surface area contributed by atoms with Crippen LogP contribution in [0.4, 0.5) is 20.6 Å². The van der Waals surface area contributed by atoms with Crippen molar-refractivity contribution >= 4 is 57.9 Å². The van der Waals surface area contributed by atoms with Crippen LogP contribution in [0, 0.1) is 5.82 Å². The quantitative estimate of drug-likeness (QED) is 0.348. The fraction of sp³-hybridized carbons (Fsp3) is 0.207. The molecule has 206 valence electrons. The predicted octanol–water partition coefficient (Wildman–Crippen LogP) is 5.57. The summed E-state index contributed by atoms with van der Waals surface area (Å²) in [5.41, 5.74) is 2.44. The SMILES string of the molecule is O=C(CN1C(=O)S/C(=C/c2cccc(OCc3c(F)cccc3Cl)c2)C1=O)Nc1ccc(N2CCOCC2)cc1. The van der Waals surface area contributed by atoms with Crippen molar-refractivity contribution in [1.29, 1.82) is 0 Å². The summed E-state index contributed by atoms with van der Waals surface area (Å²) in [7, 11) is 0. The molecule has 2 saturated heterocycles. The molecule has 40 heavy (non-hydrogen) atoms. The van der Waals surface area contributed by atoms with E-state index in [-0.39, 0.29) is 22.1 Å². The van der Waals surface area contributed by atoms with Gasteiger partial charge < -0.3 is 19.7 Å². The number of ether oxygens (including phenoxy) is 2. The minimum atomic E-state index is -0.558. The molecule has 0 radical (unpaired) electrons. The van der Waals surface area contributed by atoms with Gasteiger partial charge in [0.1, 0.15) is 24.7 Å². The van der Waals surface area contributed by atoms with Crippen molar-refractivity contribution in [2.24, 2.45) is 0 Å². The van der Waals surface area contributed by atoms with Gasteiger partial charge in [-0.1, -0.05) is 29.8 Å². The predicted molar refractivity (Wildman–Crippen MR) is 153 cm³/mol. The largest absolute Gasteiger partial charge is 0.489 e. The lowest BCUT2D eigenvalue weighted by Crippen LogP contribution is -2.36. The number of hydrogen-bond acceptors (Lipinski definition) is 7. The van der Waals surface area contributed by atoms with Gasteiger partial charge in [0.25, 0.3) is 11.1 Å². The third-order valence-corrected chi connectivity index (χ3v) is 7.56. The summed E-state index contributed by atoms with van der Waals surface area (Å²) >= 11 is 6.82. The van der Waals surface area contributed by atoms with E-state index in [4.69, 9.17) is 21.1 Å². The Hall–Kier alpha value is -3.86. The molecule has 2 aliphatic rings. The van der Waals surface area contributed by atoms with Crippen molar-refractivity contribution in [1.82, 2.24) is 4.90 Å². The van der Waals surface area contributed by atoms with Gasteiger partial charge in [0.15, 0.2) is 0 Å². The van der Waals surface area contributed by atoms with Gasteiger partial charge in [-0.3, -0.25) is 19.3 Å². The van der Waals surface area contributed by atoms with E-state index in [1.165, 1.54) is 12.1 Å². The molecule has 0 bridgehead atoms. The van der Waals surface area contributed by atoms with Crippen molar-refractivity contribution in [3.8, 4) is 5.75 Å². The molecule has 0 saturated carbocycles. The summed E-state index contributed by atoms with van der Waals surface area (Å²) in [6, 6.07) is 18.6. The van der Waals surface area contributed by atoms with Crippen LogP contribution in [0.2, 0.25) is 5.02 Å². The Kier molecular flexibility index (Phi) is 8.69. The zero-order valence-electron chi connectivity index (χ0n) is 21.3. The Morgan fingerprint density at radius 2 is 1.82 bits per heavy atom. The molecule has 5 rings (SSSR count). The first kappa shape index (κ1) is 27.7. The normalized spacial score (nSPS) is 16.5. The van der Waals surface area contributed by atoms with Crippen LogP contribution in [0.3, 0.4) is 0 Å². The molecule has 2 aliphatic heterocycles. The zero-order valence-corrected chi connectivity index (χ0v) is 22.8. The summed E-state index contributed by atoms with van der Waals surface area (Å²) < 4.78 is 25.1. The number of carbonyl (C=O) groups is 3. The number of halogens is 2. The minimum Gasteiger partial charge on any atom is -0.489 e. The Balaban J connectivity index is 1.19. The van der Waals surface area contributed by atoms with E-state index in [9.17, 15) is 18.8 Å². The molecule has 3 aromatic rings. The molecule has 8 nitrogen and oxygen atoms in total. The second kappa shape index (κ2) is 12.5. The minimum absolute atomic E-state index is 0.0729. The number of morpholine rings is 1. The Morgan fingerprint density at radius 3 is 2.58 bits per heavy atom. The summed E-state index contributed by atoms with van der Waals surface area (Å²) in [4.78, 5) is 41.4. The highest BCUT2D eigenvalue weighted by Crippen LogP contribution is 2.33. The highest BCUT2D eigenvalue weighted by atomic mass is 35.5. The van der Waals surface area contributed by atoms with Gasteiger partial charge in [-0.25, -0.2) is 4.39 Å². The van der Waals surface area contributed by atoms with Crippen molar-refractivity contribution in [2.45, 2.75) is 6.61 Å². The highest BCUT2D eigenvalue weighted by molar-refractivity contribution is 8.18. The van der Waals surface area contributed by atoms with E-state index in [1.54, 1.807) is 48.5 Å². The monoisotopic (exact) mass is 581 g/mol. The van der Waals surface area contributed by atoms with Gasteiger partial charge in [0.05, 0.1) is 23.1 Å². The molecule has 0 spiro atoms. The van der Waals surface area contributed by atoms with Crippen LogP contribution < -0.4 is 15.0 Å². The lowest BCUT2D eigenvalue weighted by atomic mass is 10.2. The van der Waals surface area contributed by atoms with Crippen molar-refractivity contribution in [2.75, 3.05) is 43.1 Å². The second-order valence-corrected chi connectivity index (χ2v) is 10.4. The van der Waals surface area contributed by atoms with E-state index < -0.39 is 29.4 Å². The van der Waals surface area contributed by atoms with Crippen LogP contribution in [0.5, 0.6) is 5.75 Å². The molecule has 2 fully saturated rings. The fourth-order valence-electron chi connectivity index (χ4n) is 4.23. The van der Waals surface area contributed by atoms with Gasteiger partial charge in [0, 0.05) is 30.0 Å². The summed E-state index contributed by atoms with van der Waals surface area (Å²) in [6.45, 7) is 2.48. The first-order valence-corrected chi connectivity index (χ1v) is 13.7. The number of nitrogens with one attached hydrogen (secondary N) is 1. The molecule has 3 aromatic carbocycles. The average molecular weight is 582 g/mol. The van der Waals surface area contributed by atoms with E-state index in [0.29, 0.717) is 30.2 Å². The van der Waals surface area contributed by atoms with Crippen molar-refractivity contribution in [3.05, 3.63) is 93.6 Å². The van der Waals surface area contributed by atoms with Gasteiger partial charge in [0.2, 0.25) is 5.91 Å². The van der Waals surface area contributed by atoms with Crippen molar-refractivity contribution in [3.63, 3.8) is 0 Å². The smallest absolute Gasteiger partial charge is 0.294 e. The molecular formula is C29H25ClFN3O5S. The third-order valence-electron chi connectivity index (χ3n) is 6.30. The van der Waals surface area contributed by atoms with Crippen LogP contribution in [0.15, 0.2) is 71.6 Å². The van der Waals surface area contributed by atoms with Crippen LogP contribution in [0.1, 0.15) is 11.1 Å². The second-order valence-electron chi connectivity index (χ2n) is 9.02. The lowest BCUT2D eigenvalue weighted by Gasteiger charge is -2.28. The third kappa shape index (κ3) is 6.64. The van der Waals surface area contributed by atoms with Gasteiger partial charge in [-0.15, -0.1) is 0 Å². The molecular weight excluding hydrogens is 557 g/mol. The topological polar surface area (TPSA) is 88.2 Å². The van der Waals surface area contributed by atoms with Crippen LogP contribution in [-0.2, 0) is 20.9 Å². The van der Waals surface area contributed by atoms with E-state index >= 15 is 0 Å². The number of rotatable bonds is 8. The van der Waals surface area contributed by atoms with E-state index in [2.05, 4.69) is 10.2 Å². The Morgan fingerprint density at radius 1 is 1.07 bits per heavy atom. The fourth-order valence-corrected chi connectivity index (χ4v) is 5.28. The van der Waals surface area contributed by atoms with Gasteiger partial charge >= 0.3 is 0 Å². The van der Waals surface area contributed by atoms with Crippen LogP contribution in [0.25, 0.3) is 6.08 Å². The number of hydrogen-bond donors (Lipinski definition) is 1. The maximum Gasteiger partial charge on any atom is 0.294 e. The highest BCUT2D eigenvalue weighted by Gasteiger charge is 2.36. The summed E-state index contributed by atoms with van der Waals surface area (Å²) in [5, 5.41) is 2.47. The van der Waals surface area contributed by atoms with Crippen LogP contribution in [-0.4, -0.2) is 54.8 Å². The van der Waals surface area contributed by atoms with Crippen LogP contribution >= 0.6 is 23.4 Å². The number of amides is 3. The van der Waals surface area contributed by atoms with Gasteiger partial charge in [-0.05, 0) is 71.9 Å². The lowest BCUT2D eigenvalue weighted by molar-refractivity contribution is -0.127. The maximum absolute atomic E-state index is 14.0. The first-order chi connectivity index (χ1) is 19.4. The average Bonchev–Trinajstić information content (AvgIpc) is 3.21. The number of imide groups is 1. The van der Waals surface area contributed by atoms with Gasteiger partial charge in [-0.2, -0.15) is 0 Å². The summed E-state index contributed by atoms with van der Waals surface area (Å²) in [5.74, 6) is -1.07. The molecule has 11 heteroatoms. The maximum atomic E-state index is 14.0. The number of nitrogens with zero attached hydrogens (tertiary/aromatic N) is 2. The molecule has 0 unspecified atom stereocenters. The van der Waals surface area contributed by atoms with Crippen molar-refractivity contribution < 1.29 is 28.2 Å². The molecule has 0 aliphatic carbocycles. The number of anilines is 2. The Bertz CT molecular complexity index is 1440. The molecule has 3 amide bonds. The molecule has 0 atom stereocenters. The summed E-state index contributed by atoms with van der Waals surface area (Å²) in [6.07, 6.45) is 1.55. The number of thioether (sulfide) groups is 1. The molecule has 1 N–H and O–H groups in total. The standard InChI is InChI=1S/C29H25ClFN3O5S/c30-24-5-2-6-25(31)23(24)18-39-22-4-1-3-19(15-22)16-26-28(36)34(29(37)40-26)17-27(35)32-20-7-9-21(10-8-20)33-11-13-38-14-12-33/h1-10,15-16H,11-14,17-18H2,(H,32,35)/b26-16+. The Labute approximate surface area is 239 Å². The first-order valence-electron chi connectivity index (χ1n) is 12.5. The molecule has 2 heterocycles. The van der Waals surface area contributed by atoms with E-state index in [1.807, 2.05) is 12.1 Å². The molecule has 0 aromatic heterocycles. The number of benzene rings is 3. The van der Waals surface area contributed by atoms with E-state index in [0.717, 1.165) is 35.4 Å². The zero-order chi connectivity index (χ0) is 28.1.